The van der Waals surface area contributed by atoms with E-state index in [-0.39, 0.29) is 12.6 Å². The molecule has 0 unspecified atom stereocenters. The predicted octanol–water partition coefficient (Wildman–Crippen LogP) is 4.37. The zero-order chi connectivity index (χ0) is 15.3. The fraction of sp³-hybridized carbons (Fsp3) is 0.500. The number of nitriles is 1. The van der Waals surface area contributed by atoms with Crippen LogP contribution in [-0.2, 0) is 0 Å². The summed E-state index contributed by atoms with van der Waals surface area (Å²) in [6, 6.07) is 2.32. The van der Waals surface area contributed by atoms with Gasteiger partial charge in [-0.25, -0.2) is 17.6 Å². The van der Waals surface area contributed by atoms with E-state index in [0.29, 0.717) is 19.3 Å². The quantitative estimate of drug-likeness (QED) is 0.479. The predicted molar refractivity (Wildman–Crippen MR) is 68.0 cm³/mol. The molecule has 0 atom stereocenters. The highest BCUT2D eigenvalue weighted by atomic mass is 19.2. The largest absolute Gasteiger partial charge is 0.380 e. The van der Waals surface area contributed by atoms with Gasteiger partial charge in [-0.05, 0) is 26.7 Å². The van der Waals surface area contributed by atoms with Crippen molar-refractivity contribution < 1.29 is 17.6 Å². The fourth-order valence-electron chi connectivity index (χ4n) is 1.69. The van der Waals surface area contributed by atoms with Gasteiger partial charge in [-0.15, -0.1) is 0 Å². The summed E-state index contributed by atoms with van der Waals surface area (Å²) in [5.41, 5.74) is -1.25. The van der Waals surface area contributed by atoms with Crippen LogP contribution >= 0.6 is 0 Å². The van der Waals surface area contributed by atoms with Crippen LogP contribution in [0.3, 0.4) is 0 Å². The number of anilines is 1. The summed E-state index contributed by atoms with van der Waals surface area (Å²) in [6.07, 6.45) is 1.82. The average molecular weight is 288 g/mol. The molecular weight excluding hydrogens is 272 g/mol. The summed E-state index contributed by atoms with van der Waals surface area (Å²) < 4.78 is 52.5. The molecule has 6 heteroatoms. The van der Waals surface area contributed by atoms with Gasteiger partial charge >= 0.3 is 0 Å². The molecule has 0 heterocycles. The van der Waals surface area contributed by atoms with Crippen molar-refractivity contribution in [2.24, 2.45) is 5.41 Å². The lowest BCUT2D eigenvalue weighted by molar-refractivity contribution is 0.429. The van der Waals surface area contributed by atoms with E-state index in [1.165, 1.54) is 0 Å². The summed E-state index contributed by atoms with van der Waals surface area (Å²) >= 11 is 0. The molecule has 0 amide bonds. The van der Waals surface area contributed by atoms with E-state index >= 15 is 0 Å². The number of hydrogen-bond acceptors (Lipinski definition) is 2. The van der Waals surface area contributed by atoms with E-state index in [2.05, 4.69) is 11.4 Å². The van der Waals surface area contributed by atoms with Crippen molar-refractivity contribution >= 4 is 5.69 Å². The molecule has 0 saturated carbocycles. The number of unbranched alkanes of at least 4 members (excludes halogenated alkanes) is 1. The molecule has 20 heavy (non-hydrogen) atoms. The topological polar surface area (TPSA) is 35.8 Å². The van der Waals surface area contributed by atoms with Gasteiger partial charge in [0.2, 0.25) is 0 Å². The number of nitrogens with zero attached hydrogens (tertiary/aromatic N) is 1. The molecule has 0 fully saturated rings. The van der Waals surface area contributed by atoms with Gasteiger partial charge in [-0.1, -0.05) is 6.42 Å². The summed E-state index contributed by atoms with van der Waals surface area (Å²) in [6.45, 7) is 3.75. The highest BCUT2D eigenvalue weighted by Gasteiger charge is 2.19. The first-order valence-electron chi connectivity index (χ1n) is 6.26. The summed E-state index contributed by atoms with van der Waals surface area (Å²) in [5.74, 6) is -5.73. The Morgan fingerprint density at radius 3 is 2.15 bits per heavy atom. The lowest BCUT2D eigenvalue weighted by Crippen LogP contribution is -2.11. The summed E-state index contributed by atoms with van der Waals surface area (Å²) in [4.78, 5) is 0. The minimum Gasteiger partial charge on any atom is -0.380 e. The Labute approximate surface area is 115 Å². The average Bonchev–Trinajstić information content (AvgIpc) is 2.39. The van der Waals surface area contributed by atoms with Crippen molar-refractivity contribution in [3.05, 3.63) is 29.3 Å². The fourth-order valence-corrected chi connectivity index (χ4v) is 1.69. The minimum absolute atomic E-state index is 0.165. The normalized spacial score (nSPS) is 11.2. The lowest BCUT2D eigenvalue weighted by Gasteiger charge is -2.15. The molecule has 1 rings (SSSR count). The minimum atomic E-state index is -1.43. The molecule has 0 aliphatic heterocycles. The van der Waals surface area contributed by atoms with Crippen molar-refractivity contribution in [1.82, 2.24) is 0 Å². The zero-order valence-corrected chi connectivity index (χ0v) is 11.4. The van der Waals surface area contributed by atoms with Crippen molar-refractivity contribution in [3.63, 3.8) is 0 Å². The number of rotatable bonds is 6. The highest BCUT2D eigenvalue weighted by molar-refractivity contribution is 5.47. The smallest absolute Gasteiger partial charge is 0.185 e. The van der Waals surface area contributed by atoms with E-state index in [1.54, 1.807) is 13.8 Å². The van der Waals surface area contributed by atoms with Crippen LogP contribution in [0.2, 0.25) is 0 Å². The van der Waals surface area contributed by atoms with Crippen molar-refractivity contribution in [1.29, 1.82) is 5.26 Å². The Morgan fingerprint density at radius 2 is 1.65 bits per heavy atom. The monoisotopic (exact) mass is 288 g/mol. The van der Waals surface area contributed by atoms with Crippen molar-refractivity contribution in [3.8, 4) is 6.07 Å². The Hall–Kier alpha value is -1.77. The molecule has 110 valence electrons. The molecule has 0 saturated heterocycles. The SMILES string of the molecule is CC(C)(C#N)CCCCNc1c(F)c(F)cc(F)c1F. The van der Waals surface area contributed by atoms with E-state index in [9.17, 15) is 17.6 Å². The first-order chi connectivity index (χ1) is 9.28. The van der Waals surface area contributed by atoms with Crippen molar-refractivity contribution in [2.45, 2.75) is 33.1 Å². The maximum absolute atomic E-state index is 13.3. The van der Waals surface area contributed by atoms with Crippen LogP contribution in [0.25, 0.3) is 0 Å². The van der Waals surface area contributed by atoms with Crippen molar-refractivity contribution in [2.75, 3.05) is 11.9 Å². The highest BCUT2D eigenvalue weighted by Crippen LogP contribution is 2.25. The molecule has 0 aromatic heterocycles. The third kappa shape index (κ3) is 4.12. The van der Waals surface area contributed by atoms with E-state index < -0.39 is 34.4 Å². The van der Waals surface area contributed by atoms with Gasteiger partial charge < -0.3 is 5.32 Å². The van der Waals surface area contributed by atoms with Gasteiger partial charge in [0.15, 0.2) is 23.3 Å². The molecule has 1 N–H and O–H groups in total. The molecule has 0 bridgehead atoms. The van der Waals surface area contributed by atoms with Gasteiger partial charge in [0, 0.05) is 12.6 Å². The van der Waals surface area contributed by atoms with Crippen LogP contribution in [0.15, 0.2) is 6.07 Å². The number of halogens is 4. The second-order valence-corrected chi connectivity index (χ2v) is 5.22. The number of nitrogens with one attached hydrogen (secondary N) is 1. The lowest BCUT2D eigenvalue weighted by atomic mass is 9.89. The van der Waals surface area contributed by atoms with Gasteiger partial charge in [0.25, 0.3) is 0 Å². The molecule has 0 radical (unpaired) electrons. The second-order valence-electron chi connectivity index (χ2n) is 5.22. The number of hydrogen-bond donors (Lipinski definition) is 1. The van der Waals surface area contributed by atoms with Crippen LogP contribution < -0.4 is 5.32 Å². The van der Waals surface area contributed by atoms with E-state index in [1.807, 2.05) is 0 Å². The first-order valence-corrected chi connectivity index (χ1v) is 6.26. The first kappa shape index (κ1) is 16.3. The molecule has 1 aromatic carbocycles. The van der Waals surface area contributed by atoms with Gasteiger partial charge in [0.1, 0.15) is 5.69 Å². The molecular formula is C14H16F4N2. The van der Waals surface area contributed by atoms with Crippen LogP contribution in [0.4, 0.5) is 23.2 Å². The Balaban J connectivity index is 2.54. The Kier molecular flexibility index (Phi) is 5.37. The summed E-state index contributed by atoms with van der Waals surface area (Å²) in [5, 5.41) is 11.2. The van der Waals surface area contributed by atoms with E-state index in [4.69, 9.17) is 5.26 Å². The molecule has 0 spiro atoms. The molecule has 0 aliphatic rings. The van der Waals surface area contributed by atoms with Crippen LogP contribution in [-0.4, -0.2) is 6.54 Å². The third-order valence-corrected chi connectivity index (χ3v) is 2.94. The maximum atomic E-state index is 13.3. The molecule has 1 aromatic rings. The molecule has 2 nitrogen and oxygen atoms in total. The van der Waals surface area contributed by atoms with E-state index in [0.717, 1.165) is 0 Å². The second kappa shape index (κ2) is 6.60. The van der Waals surface area contributed by atoms with Crippen LogP contribution in [0.5, 0.6) is 0 Å². The van der Waals surface area contributed by atoms with Crippen LogP contribution in [0, 0.1) is 40.0 Å². The van der Waals surface area contributed by atoms with Crippen LogP contribution in [0.1, 0.15) is 33.1 Å². The van der Waals surface area contributed by atoms with Gasteiger partial charge in [-0.3, -0.25) is 0 Å². The summed E-state index contributed by atoms with van der Waals surface area (Å²) in [7, 11) is 0. The maximum Gasteiger partial charge on any atom is 0.185 e. The third-order valence-electron chi connectivity index (χ3n) is 2.94. The number of benzene rings is 1. The molecule has 0 aliphatic carbocycles. The zero-order valence-electron chi connectivity index (χ0n) is 11.4. The Bertz CT molecular complexity index is 495. The standard InChI is InChI=1S/C14H16F4N2/c1-14(2,8-19)5-3-4-6-20-13-11(17)9(15)7-10(16)12(13)18/h7,20H,3-6H2,1-2H3. The van der Waals surface area contributed by atoms with Gasteiger partial charge in [-0.2, -0.15) is 5.26 Å². The Morgan fingerprint density at radius 1 is 1.10 bits per heavy atom. The van der Waals surface area contributed by atoms with Gasteiger partial charge in [0.05, 0.1) is 11.5 Å².